The number of nitrogens with one attached hydrogen (secondary N) is 1. The van der Waals surface area contributed by atoms with E-state index in [9.17, 15) is 24.4 Å². The van der Waals surface area contributed by atoms with Crippen LogP contribution in [0.5, 0.6) is 0 Å². The minimum Gasteiger partial charge on any atom is -0.393 e. The van der Waals surface area contributed by atoms with Gasteiger partial charge in [-0.3, -0.25) is 14.9 Å². The molecule has 0 radical (unpaired) electrons. The van der Waals surface area contributed by atoms with Gasteiger partial charge in [0.15, 0.2) is 0 Å². The molecule has 0 saturated carbocycles. The zero-order chi connectivity index (χ0) is 16.2. The Morgan fingerprint density at radius 1 is 1.52 bits per heavy atom. The maximum Gasteiger partial charge on any atom is 0.272 e. The van der Waals surface area contributed by atoms with Crippen molar-refractivity contribution in [1.82, 2.24) is 5.32 Å². The van der Waals surface area contributed by atoms with Crippen LogP contribution in [0.1, 0.15) is 37.6 Å². The van der Waals surface area contributed by atoms with Crippen LogP contribution >= 0.6 is 0 Å². The molecule has 7 heteroatoms. The second-order valence-corrected chi connectivity index (χ2v) is 5.82. The number of hydrogen-bond acceptors (Lipinski definition) is 4. The van der Waals surface area contributed by atoms with Crippen molar-refractivity contribution in [3.05, 3.63) is 39.7 Å². The fourth-order valence-corrected chi connectivity index (χ4v) is 2.09. The van der Waals surface area contributed by atoms with Crippen molar-refractivity contribution in [2.75, 3.05) is 6.54 Å². The first-order chi connectivity index (χ1) is 9.62. The Bertz CT molecular complexity index is 544. The third kappa shape index (κ3) is 5.11. The molecule has 1 rings (SSSR count). The standard InChI is InChI=1S/C14H19FN2O4/c1-9(18)7-14(2,3)8-16-13(19)11-5-4-10(17(20)21)6-12(11)15/h4-6,9,18H,7-8H2,1-3H3,(H,16,19). The van der Waals surface area contributed by atoms with Crippen molar-refractivity contribution in [2.45, 2.75) is 33.3 Å². The largest absolute Gasteiger partial charge is 0.393 e. The van der Waals surface area contributed by atoms with Gasteiger partial charge >= 0.3 is 0 Å². The summed E-state index contributed by atoms with van der Waals surface area (Å²) in [5, 5.41) is 22.4. The molecule has 1 unspecified atom stereocenters. The summed E-state index contributed by atoms with van der Waals surface area (Å²) < 4.78 is 13.7. The van der Waals surface area contributed by atoms with Gasteiger partial charge in [0.2, 0.25) is 0 Å². The molecule has 0 aliphatic rings. The van der Waals surface area contributed by atoms with Crippen molar-refractivity contribution >= 4 is 11.6 Å². The number of nitro benzene ring substituents is 1. The molecule has 0 aliphatic carbocycles. The summed E-state index contributed by atoms with van der Waals surface area (Å²) in [6.45, 7) is 5.64. The third-order valence-electron chi connectivity index (χ3n) is 2.98. The normalized spacial score (nSPS) is 12.8. The van der Waals surface area contributed by atoms with Gasteiger partial charge in [-0.2, -0.15) is 0 Å². The molecule has 116 valence electrons. The SMILES string of the molecule is CC(O)CC(C)(C)CNC(=O)c1ccc([N+](=O)[O-])cc1F. The first-order valence-electron chi connectivity index (χ1n) is 6.52. The first-order valence-corrected chi connectivity index (χ1v) is 6.52. The molecule has 1 aromatic rings. The third-order valence-corrected chi connectivity index (χ3v) is 2.98. The Hall–Kier alpha value is -2.02. The Morgan fingerprint density at radius 3 is 2.62 bits per heavy atom. The van der Waals surface area contributed by atoms with E-state index in [1.54, 1.807) is 6.92 Å². The number of carbonyl (C=O) groups is 1. The second kappa shape index (κ2) is 6.62. The van der Waals surface area contributed by atoms with Crippen LogP contribution in [-0.2, 0) is 0 Å². The lowest BCUT2D eigenvalue weighted by molar-refractivity contribution is -0.385. The van der Waals surface area contributed by atoms with Crippen molar-refractivity contribution < 1.29 is 19.2 Å². The Balaban J connectivity index is 2.74. The molecule has 1 atom stereocenters. The number of halogens is 1. The molecule has 6 nitrogen and oxygen atoms in total. The minimum absolute atomic E-state index is 0.242. The van der Waals surface area contributed by atoms with Crippen LogP contribution in [0.15, 0.2) is 18.2 Å². The van der Waals surface area contributed by atoms with Crippen molar-refractivity contribution in [1.29, 1.82) is 0 Å². The minimum atomic E-state index is -0.935. The lowest BCUT2D eigenvalue weighted by Gasteiger charge is -2.26. The van der Waals surface area contributed by atoms with Gasteiger partial charge in [0.25, 0.3) is 11.6 Å². The van der Waals surface area contributed by atoms with Gasteiger partial charge in [-0.25, -0.2) is 4.39 Å². The van der Waals surface area contributed by atoms with Crippen LogP contribution in [0.3, 0.4) is 0 Å². The van der Waals surface area contributed by atoms with E-state index < -0.39 is 28.4 Å². The Kier molecular flexibility index (Phi) is 5.37. The summed E-state index contributed by atoms with van der Waals surface area (Å²) in [5.74, 6) is -1.57. The molecule has 0 heterocycles. The Morgan fingerprint density at radius 2 is 2.14 bits per heavy atom. The molecular formula is C14H19FN2O4. The first kappa shape index (κ1) is 17.0. The number of rotatable bonds is 6. The zero-order valence-electron chi connectivity index (χ0n) is 12.2. The van der Waals surface area contributed by atoms with Crippen LogP contribution < -0.4 is 5.32 Å². The van der Waals surface area contributed by atoms with E-state index in [0.29, 0.717) is 6.42 Å². The van der Waals surface area contributed by atoms with Gasteiger partial charge in [0.05, 0.1) is 22.7 Å². The molecule has 0 saturated heterocycles. The highest BCUT2D eigenvalue weighted by molar-refractivity contribution is 5.94. The lowest BCUT2D eigenvalue weighted by atomic mass is 9.87. The predicted octanol–water partition coefficient (Wildman–Crippen LogP) is 2.26. The van der Waals surface area contributed by atoms with E-state index in [2.05, 4.69) is 5.32 Å². The molecule has 1 aromatic carbocycles. The molecule has 0 bridgehead atoms. The van der Waals surface area contributed by atoms with Crippen molar-refractivity contribution in [2.24, 2.45) is 5.41 Å². The highest BCUT2D eigenvalue weighted by atomic mass is 19.1. The highest BCUT2D eigenvalue weighted by Crippen LogP contribution is 2.22. The maximum atomic E-state index is 13.7. The summed E-state index contributed by atoms with van der Waals surface area (Å²) in [5.41, 5.74) is -0.993. The van der Waals surface area contributed by atoms with Crippen LogP contribution in [-0.4, -0.2) is 28.6 Å². The molecular weight excluding hydrogens is 279 g/mol. The second-order valence-electron chi connectivity index (χ2n) is 5.82. The van der Waals surface area contributed by atoms with Crippen LogP contribution in [0, 0.1) is 21.3 Å². The molecule has 0 fully saturated rings. The van der Waals surface area contributed by atoms with E-state index in [0.717, 1.165) is 18.2 Å². The number of benzene rings is 1. The number of non-ortho nitro benzene ring substituents is 1. The maximum absolute atomic E-state index is 13.7. The number of nitro groups is 1. The number of amides is 1. The molecule has 0 spiro atoms. The molecule has 0 aliphatic heterocycles. The van der Waals surface area contributed by atoms with Gasteiger partial charge in [0.1, 0.15) is 5.82 Å². The lowest BCUT2D eigenvalue weighted by Crippen LogP contribution is -2.36. The van der Waals surface area contributed by atoms with Crippen LogP contribution in [0.25, 0.3) is 0 Å². The summed E-state index contributed by atoms with van der Waals surface area (Å²) in [7, 11) is 0. The molecule has 21 heavy (non-hydrogen) atoms. The van der Waals surface area contributed by atoms with Gasteiger partial charge in [-0.15, -0.1) is 0 Å². The van der Waals surface area contributed by atoms with E-state index >= 15 is 0 Å². The van der Waals surface area contributed by atoms with Gasteiger partial charge in [-0.1, -0.05) is 13.8 Å². The monoisotopic (exact) mass is 298 g/mol. The quantitative estimate of drug-likeness (QED) is 0.622. The molecule has 0 aromatic heterocycles. The average Bonchev–Trinajstić information content (AvgIpc) is 2.34. The molecule has 1 amide bonds. The predicted molar refractivity (Wildman–Crippen MR) is 75.5 cm³/mol. The van der Waals surface area contributed by atoms with Crippen molar-refractivity contribution in [3.63, 3.8) is 0 Å². The summed E-state index contributed by atoms with van der Waals surface area (Å²) in [4.78, 5) is 21.7. The van der Waals surface area contributed by atoms with Gasteiger partial charge in [-0.05, 0) is 24.8 Å². The summed E-state index contributed by atoms with van der Waals surface area (Å²) in [6, 6.07) is 2.89. The van der Waals surface area contributed by atoms with E-state index in [4.69, 9.17) is 0 Å². The highest BCUT2D eigenvalue weighted by Gasteiger charge is 2.23. The Labute approximate surface area is 122 Å². The van der Waals surface area contributed by atoms with E-state index in [1.807, 2.05) is 13.8 Å². The summed E-state index contributed by atoms with van der Waals surface area (Å²) in [6.07, 6.45) is -0.0243. The number of aliphatic hydroxyl groups is 1. The van der Waals surface area contributed by atoms with E-state index in [-0.39, 0.29) is 17.5 Å². The van der Waals surface area contributed by atoms with Gasteiger partial charge < -0.3 is 10.4 Å². The smallest absolute Gasteiger partial charge is 0.272 e. The zero-order valence-corrected chi connectivity index (χ0v) is 12.2. The summed E-state index contributed by atoms with van der Waals surface area (Å²) >= 11 is 0. The average molecular weight is 298 g/mol. The number of carbonyl (C=O) groups excluding carboxylic acids is 1. The van der Waals surface area contributed by atoms with Gasteiger partial charge in [0, 0.05) is 12.6 Å². The van der Waals surface area contributed by atoms with Crippen molar-refractivity contribution in [3.8, 4) is 0 Å². The number of nitrogens with zero attached hydrogens (tertiary/aromatic N) is 1. The number of hydrogen-bond donors (Lipinski definition) is 2. The fourth-order valence-electron chi connectivity index (χ4n) is 2.09. The van der Waals surface area contributed by atoms with Crippen LogP contribution in [0.4, 0.5) is 10.1 Å². The van der Waals surface area contributed by atoms with Crippen LogP contribution in [0.2, 0.25) is 0 Å². The molecule has 2 N–H and O–H groups in total. The number of aliphatic hydroxyl groups excluding tert-OH is 1. The van der Waals surface area contributed by atoms with E-state index in [1.165, 1.54) is 0 Å². The topological polar surface area (TPSA) is 92.5 Å². The fraction of sp³-hybridized carbons (Fsp3) is 0.500.